The van der Waals surface area contributed by atoms with Crippen LogP contribution in [0.5, 0.6) is 11.7 Å². The Hall–Kier alpha value is -2.01. The van der Waals surface area contributed by atoms with Crippen molar-refractivity contribution in [2.45, 2.75) is 13.0 Å². The van der Waals surface area contributed by atoms with Crippen LogP contribution in [0.2, 0.25) is 0 Å². The first-order valence-corrected chi connectivity index (χ1v) is 4.68. The molecule has 0 aliphatic carbocycles. The molecular formula is C11H10O5. The molecule has 0 bridgehead atoms. The van der Waals surface area contributed by atoms with E-state index in [0.29, 0.717) is 0 Å². The van der Waals surface area contributed by atoms with Gasteiger partial charge in [-0.25, -0.2) is 4.79 Å². The predicted molar refractivity (Wildman–Crippen MR) is 56.4 cm³/mol. The van der Waals surface area contributed by atoms with Crippen LogP contribution in [0.25, 0.3) is 10.8 Å². The van der Waals surface area contributed by atoms with E-state index in [0.717, 1.165) is 0 Å². The highest BCUT2D eigenvalue weighted by Crippen LogP contribution is 2.35. The van der Waals surface area contributed by atoms with Crippen molar-refractivity contribution in [1.82, 2.24) is 0 Å². The maximum atomic E-state index is 11.4. The van der Waals surface area contributed by atoms with Gasteiger partial charge in [0.1, 0.15) is 5.75 Å². The molecule has 3 N–H and O–H groups in total. The summed E-state index contributed by atoms with van der Waals surface area (Å²) in [7, 11) is 0. The molecule has 0 fully saturated rings. The van der Waals surface area contributed by atoms with Gasteiger partial charge in [0.15, 0.2) is 0 Å². The zero-order chi connectivity index (χ0) is 11.9. The maximum absolute atomic E-state index is 11.4. The first-order valence-electron chi connectivity index (χ1n) is 4.68. The van der Waals surface area contributed by atoms with E-state index in [-0.39, 0.29) is 22.1 Å². The number of aliphatic hydroxyl groups excluding tert-OH is 1. The summed E-state index contributed by atoms with van der Waals surface area (Å²) in [5.41, 5.74) is -0.750. The maximum Gasteiger partial charge on any atom is 0.346 e. The standard InChI is InChI=1S/C11H10O5/c1-5(12)8-9-6(3-2-4-7(9)13)10(14)16-11(8)15/h2-5,12-13,15H,1H3. The van der Waals surface area contributed by atoms with Gasteiger partial charge in [-0.05, 0) is 19.1 Å². The number of rotatable bonds is 1. The lowest BCUT2D eigenvalue weighted by atomic mass is 10.0. The second-order valence-corrected chi connectivity index (χ2v) is 3.48. The molecule has 5 heteroatoms. The quantitative estimate of drug-likeness (QED) is 0.675. The second kappa shape index (κ2) is 3.53. The third kappa shape index (κ3) is 1.42. The van der Waals surface area contributed by atoms with Crippen LogP contribution in [-0.2, 0) is 0 Å². The zero-order valence-corrected chi connectivity index (χ0v) is 8.47. The molecule has 0 spiro atoms. The summed E-state index contributed by atoms with van der Waals surface area (Å²) in [6, 6.07) is 4.30. The average molecular weight is 222 g/mol. The van der Waals surface area contributed by atoms with Crippen molar-refractivity contribution < 1.29 is 19.7 Å². The molecule has 16 heavy (non-hydrogen) atoms. The van der Waals surface area contributed by atoms with E-state index < -0.39 is 17.7 Å². The summed E-state index contributed by atoms with van der Waals surface area (Å²) in [4.78, 5) is 11.4. The van der Waals surface area contributed by atoms with Gasteiger partial charge in [0, 0.05) is 5.39 Å². The van der Waals surface area contributed by atoms with Gasteiger partial charge in [-0.15, -0.1) is 0 Å². The Kier molecular flexibility index (Phi) is 2.32. The summed E-state index contributed by atoms with van der Waals surface area (Å²) >= 11 is 0. The number of aromatic hydroxyl groups is 2. The Morgan fingerprint density at radius 3 is 2.62 bits per heavy atom. The van der Waals surface area contributed by atoms with Crippen molar-refractivity contribution in [2.24, 2.45) is 0 Å². The minimum absolute atomic E-state index is 0.00713. The first kappa shape index (κ1) is 10.5. The molecule has 84 valence electrons. The van der Waals surface area contributed by atoms with E-state index in [4.69, 9.17) is 0 Å². The molecule has 0 aliphatic rings. The van der Waals surface area contributed by atoms with E-state index in [2.05, 4.69) is 4.42 Å². The molecule has 1 aromatic heterocycles. The first-order chi connectivity index (χ1) is 7.52. The molecule has 5 nitrogen and oxygen atoms in total. The predicted octanol–water partition coefficient (Wildman–Crippen LogP) is 1.26. The fraction of sp³-hybridized carbons (Fsp3) is 0.182. The van der Waals surface area contributed by atoms with Crippen LogP contribution in [0.3, 0.4) is 0 Å². The summed E-state index contributed by atoms with van der Waals surface area (Å²) in [5.74, 6) is -0.856. The summed E-state index contributed by atoms with van der Waals surface area (Å²) in [5, 5.41) is 28.8. The topological polar surface area (TPSA) is 90.9 Å². The number of hydrogen-bond acceptors (Lipinski definition) is 5. The summed E-state index contributed by atoms with van der Waals surface area (Å²) < 4.78 is 4.57. The fourth-order valence-corrected chi connectivity index (χ4v) is 1.69. The van der Waals surface area contributed by atoms with Crippen LogP contribution in [-0.4, -0.2) is 15.3 Å². The monoisotopic (exact) mass is 222 g/mol. The molecule has 1 heterocycles. The average Bonchev–Trinajstić information content (AvgIpc) is 2.19. The number of fused-ring (bicyclic) bond motifs is 1. The Morgan fingerprint density at radius 2 is 2.00 bits per heavy atom. The van der Waals surface area contributed by atoms with E-state index in [1.165, 1.54) is 25.1 Å². The molecule has 0 saturated carbocycles. The highest BCUT2D eigenvalue weighted by Gasteiger charge is 2.19. The van der Waals surface area contributed by atoms with Gasteiger partial charge in [0.2, 0.25) is 0 Å². The highest BCUT2D eigenvalue weighted by molar-refractivity contribution is 5.91. The van der Waals surface area contributed by atoms with Gasteiger partial charge in [-0.3, -0.25) is 0 Å². The Bertz CT molecular complexity index is 597. The fourth-order valence-electron chi connectivity index (χ4n) is 1.69. The van der Waals surface area contributed by atoms with E-state index in [1.807, 2.05) is 0 Å². The third-order valence-electron chi connectivity index (χ3n) is 2.37. The van der Waals surface area contributed by atoms with E-state index >= 15 is 0 Å². The lowest BCUT2D eigenvalue weighted by molar-refractivity contribution is 0.186. The number of aliphatic hydroxyl groups is 1. The van der Waals surface area contributed by atoms with Crippen molar-refractivity contribution in [3.05, 3.63) is 34.2 Å². The van der Waals surface area contributed by atoms with Crippen LogP contribution in [0.1, 0.15) is 18.6 Å². The van der Waals surface area contributed by atoms with Crippen LogP contribution < -0.4 is 5.63 Å². The number of phenolic OH excluding ortho intramolecular Hbond substituents is 1. The molecule has 2 rings (SSSR count). The Labute approximate surface area is 90.2 Å². The minimum Gasteiger partial charge on any atom is -0.507 e. The van der Waals surface area contributed by atoms with Gasteiger partial charge in [0.25, 0.3) is 5.95 Å². The van der Waals surface area contributed by atoms with Gasteiger partial charge < -0.3 is 19.7 Å². The van der Waals surface area contributed by atoms with Gasteiger partial charge >= 0.3 is 5.63 Å². The Morgan fingerprint density at radius 1 is 1.31 bits per heavy atom. The molecule has 1 atom stereocenters. The van der Waals surface area contributed by atoms with Crippen LogP contribution in [0.4, 0.5) is 0 Å². The molecule has 1 aromatic carbocycles. The van der Waals surface area contributed by atoms with Crippen LogP contribution >= 0.6 is 0 Å². The van der Waals surface area contributed by atoms with Gasteiger partial charge in [-0.1, -0.05) is 6.07 Å². The third-order valence-corrected chi connectivity index (χ3v) is 2.37. The van der Waals surface area contributed by atoms with Crippen molar-refractivity contribution >= 4 is 10.8 Å². The molecule has 2 aromatic rings. The number of hydrogen-bond donors (Lipinski definition) is 3. The van der Waals surface area contributed by atoms with Crippen molar-refractivity contribution in [3.63, 3.8) is 0 Å². The van der Waals surface area contributed by atoms with Crippen LogP contribution in [0, 0.1) is 0 Å². The molecule has 0 aliphatic heterocycles. The van der Waals surface area contributed by atoms with Gasteiger partial charge in [-0.2, -0.15) is 0 Å². The summed E-state index contributed by atoms with van der Waals surface area (Å²) in [6.07, 6.45) is -1.06. The lowest BCUT2D eigenvalue weighted by Crippen LogP contribution is -2.04. The highest BCUT2D eigenvalue weighted by atomic mass is 16.5. The number of benzene rings is 1. The van der Waals surface area contributed by atoms with Crippen molar-refractivity contribution in [1.29, 1.82) is 0 Å². The van der Waals surface area contributed by atoms with E-state index in [1.54, 1.807) is 0 Å². The van der Waals surface area contributed by atoms with Gasteiger partial charge in [0.05, 0.1) is 17.1 Å². The second-order valence-electron chi connectivity index (χ2n) is 3.48. The molecule has 0 saturated heterocycles. The minimum atomic E-state index is -1.06. The largest absolute Gasteiger partial charge is 0.507 e. The molecule has 0 amide bonds. The lowest BCUT2D eigenvalue weighted by Gasteiger charge is -2.10. The Balaban J connectivity index is 3.04. The summed E-state index contributed by atoms with van der Waals surface area (Å²) in [6.45, 7) is 1.40. The smallest absolute Gasteiger partial charge is 0.346 e. The zero-order valence-electron chi connectivity index (χ0n) is 8.47. The normalized spacial score (nSPS) is 12.9. The SMILES string of the molecule is CC(O)c1c(O)oc(=O)c2cccc(O)c12. The van der Waals surface area contributed by atoms with Crippen molar-refractivity contribution in [2.75, 3.05) is 0 Å². The van der Waals surface area contributed by atoms with Crippen LogP contribution in [0.15, 0.2) is 27.4 Å². The van der Waals surface area contributed by atoms with E-state index in [9.17, 15) is 20.1 Å². The molecular weight excluding hydrogens is 212 g/mol. The van der Waals surface area contributed by atoms with Crippen molar-refractivity contribution in [3.8, 4) is 11.7 Å². The molecule has 1 unspecified atom stereocenters. The molecule has 0 radical (unpaired) electrons. The number of phenols is 1.